The quantitative estimate of drug-likeness (QED) is 0.670. The molecule has 0 unspecified atom stereocenters. The van der Waals surface area contributed by atoms with Gasteiger partial charge in [0.25, 0.3) is 0 Å². The van der Waals surface area contributed by atoms with E-state index in [4.69, 9.17) is 9.84 Å². The molecule has 0 aliphatic heterocycles. The van der Waals surface area contributed by atoms with Crippen molar-refractivity contribution in [1.82, 2.24) is 0 Å². The van der Waals surface area contributed by atoms with Gasteiger partial charge in [0.2, 0.25) is 0 Å². The molecule has 112 valence electrons. The van der Waals surface area contributed by atoms with Crippen molar-refractivity contribution >= 4 is 5.97 Å². The molecule has 0 aliphatic carbocycles. The van der Waals surface area contributed by atoms with Gasteiger partial charge in [0.1, 0.15) is 5.82 Å². The first-order valence-corrected chi connectivity index (χ1v) is 6.80. The Morgan fingerprint density at radius 2 is 2.24 bits per heavy atom. The summed E-state index contributed by atoms with van der Waals surface area (Å²) in [5, 5.41) is 8.71. The number of halogens is 1. The summed E-state index contributed by atoms with van der Waals surface area (Å²) in [6.45, 7) is 3.77. The van der Waals surface area contributed by atoms with E-state index in [-0.39, 0.29) is 24.8 Å². The molecular formula is C17H19FO3. The third-order valence-electron chi connectivity index (χ3n) is 2.76. The van der Waals surface area contributed by atoms with Gasteiger partial charge in [-0.05, 0) is 49.6 Å². The molecule has 3 nitrogen and oxygen atoms in total. The molecule has 21 heavy (non-hydrogen) atoms. The Hall–Kier alpha value is -2.12. The Morgan fingerprint density at radius 1 is 1.48 bits per heavy atom. The van der Waals surface area contributed by atoms with Crippen LogP contribution in [0.5, 0.6) is 0 Å². The van der Waals surface area contributed by atoms with Crippen molar-refractivity contribution < 1.29 is 19.0 Å². The highest BCUT2D eigenvalue weighted by atomic mass is 19.1. The minimum absolute atomic E-state index is 0.0678. The Labute approximate surface area is 124 Å². The van der Waals surface area contributed by atoms with Crippen molar-refractivity contribution in [2.45, 2.75) is 26.7 Å². The molecule has 0 aliphatic rings. The number of hydrogen-bond donors (Lipinski definition) is 1. The third kappa shape index (κ3) is 6.24. The van der Waals surface area contributed by atoms with Gasteiger partial charge in [-0.1, -0.05) is 17.9 Å². The van der Waals surface area contributed by atoms with E-state index in [2.05, 4.69) is 11.8 Å². The number of benzene rings is 1. The van der Waals surface area contributed by atoms with Crippen LogP contribution in [-0.4, -0.2) is 24.3 Å². The maximum atomic E-state index is 13.9. The van der Waals surface area contributed by atoms with Crippen LogP contribution in [0.3, 0.4) is 0 Å². The van der Waals surface area contributed by atoms with E-state index in [0.717, 1.165) is 5.57 Å². The van der Waals surface area contributed by atoms with Gasteiger partial charge in [0.15, 0.2) is 0 Å². The first-order chi connectivity index (χ1) is 10.1. The normalized spacial score (nSPS) is 10.8. The molecule has 1 rings (SSSR count). The zero-order valence-corrected chi connectivity index (χ0v) is 12.3. The van der Waals surface area contributed by atoms with Crippen LogP contribution >= 0.6 is 0 Å². The zero-order valence-electron chi connectivity index (χ0n) is 12.3. The van der Waals surface area contributed by atoms with E-state index in [9.17, 15) is 9.18 Å². The molecular weight excluding hydrogens is 271 g/mol. The fourth-order valence-electron chi connectivity index (χ4n) is 1.66. The molecule has 1 aromatic carbocycles. The topological polar surface area (TPSA) is 46.5 Å². The predicted octanol–water partition coefficient (Wildman–Crippen LogP) is 2.61. The van der Waals surface area contributed by atoms with Crippen molar-refractivity contribution in [2.75, 3.05) is 13.2 Å². The van der Waals surface area contributed by atoms with Gasteiger partial charge in [-0.3, -0.25) is 4.79 Å². The Morgan fingerprint density at radius 3 is 2.86 bits per heavy atom. The first kappa shape index (κ1) is 16.9. The lowest BCUT2D eigenvalue weighted by Gasteiger charge is -2.04. The molecule has 0 saturated carbocycles. The second kappa shape index (κ2) is 8.93. The molecule has 0 saturated heterocycles. The van der Waals surface area contributed by atoms with Gasteiger partial charge < -0.3 is 9.84 Å². The highest BCUT2D eigenvalue weighted by Crippen LogP contribution is 2.12. The van der Waals surface area contributed by atoms with Gasteiger partial charge in [0.05, 0.1) is 13.2 Å². The molecule has 1 aromatic rings. The number of carbonyl (C=O) groups excluding carboxylic acids is 1. The number of hydrogen-bond acceptors (Lipinski definition) is 3. The lowest BCUT2D eigenvalue weighted by molar-refractivity contribution is -0.143. The standard InChI is InChI=1S/C17H19FO3/c1-3-21-17(20)9-8-15-7-6-14(12-16(15)18)5-4-13(2)10-11-19/h6-7,10,12,19H,3,8-9,11H2,1-2H3. The Kier molecular flexibility index (Phi) is 7.20. The van der Waals surface area contributed by atoms with Crippen molar-refractivity contribution in [3.63, 3.8) is 0 Å². The maximum absolute atomic E-state index is 13.9. The van der Waals surface area contributed by atoms with E-state index >= 15 is 0 Å². The van der Waals surface area contributed by atoms with Crippen molar-refractivity contribution in [3.8, 4) is 11.8 Å². The van der Waals surface area contributed by atoms with E-state index in [1.54, 1.807) is 32.1 Å². The molecule has 0 atom stereocenters. The van der Waals surface area contributed by atoms with Crippen LogP contribution in [0.2, 0.25) is 0 Å². The number of aliphatic hydroxyl groups is 1. The summed E-state index contributed by atoms with van der Waals surface area (Å²) in [7, 11) is 0. The highest BCUT2D eigenvalue weighted by Gasteiger charge is 2.07. The molecule has 4 heteroatoms. The van der Waals surface area contributed by atoms with Gasteiger partial charge in [-0.2, -0.15) is 0 Å². The van der Waals surface area contributed by atoms with Crippen LogP contribution in [-0.2, 0) is 16.0 Å². The Balaban J connectivity index is 2.72. The average molecular weight is 290 g/mol. The molecule has 0 radical (unpaired) electrons. The summed E-state index contributed by atoms with van der Waals surface area (Å²) >= 11 is 0. The van der Waals surface area contributed by atoms with Crippen LogP contribution < -0.4 is 0 Å². The van der Waals surface area contributed by atoms with Crippen LogP contribution in [0, 0.1) is 17.7 Å². The number of aliphatic hydroxyl groups excluding tert-OH is 1. The fourth-order valence-corrected chi connectivity index (χ4v) is 1.66. The second-order valence-corrected chi connectivity index (χ2v) is 4.43. The third-order valence-corrected chi connectivity index (χ3v) is 2.76. The monoisotopic (exact) mass is 290 g/mol. The molecule has 0 spiro atoms. The van der Waals surface area contributed by atoms with E-state index in [1.165, 1.54) is 6.07 Å². The van der Waals surface area contributed by atoms with Crippen molar-refractivity contribution in [1.29, 1.82) is 0 Å². The molecule has 0 amide bonds. The Bertz CT molecular complexity index is 579. The summed E-state index contributed by atoms with van der Waals surface area (Å²) in [5.41, 5.74) is 1.75. The van der Waals surface area contributed by atoms with Crippen molar-refractivity contribution in [3.05, 3.63) is 46.8 Å². The van der Waals surface area contributed by atoms with Crippen LogP contribution in [0.1, 0.15) is 31.4 Å². The number of carbonyl (C=O) groups is 1. The SMILES string of the molecule is CCOC(=O)CCc1ccc(C#CC(C)=CCO)cc1F. The van der Waals surface area contributed by atoms with Gasteiger partial charge in [-0.15, -0.1) is 0 Å². The summed E-state index contributed by atoms with van der Waals surface area (Å²) < 4.78 is 18.7. The van der Waals surface area contributed by atoms with Crippen LogP contribution in [0.4, 0.5) is 4.39 Å². The zero-order chi connectivity index (χ0) is 15.7. The van der Waals surface area contributed by atoms with Crippen molar-refractivity contribution in [2.24, 2.45) is 0 Å². The summed E-state index contributed by atoms with van der Waals surface area (Å²) in [6.07, 6.45) is 2.05. The largest absolute Gasteiger partial charge is 0.466 e. The second-order valence-electron chi connectivity index (χ2n) is 4.43. The summed E-state index contributed by atoms with van der Waals surface area (Å²) in [4.78, 5) is 11.2. The van der Waals surface area contributed by atoms with E-state index in [1.807, 2.05) is 0 Å². The predicted molar refractivity (Wildman–Crippen MR) is 79.1 cm³/mol. The van der Waals surface area contributed by atoms with Gasteiger partial charge in [-0.25, -0.2) is 4.39 Å². The molecule has 0 aromatic heterocycles. The number of ether oxygens (including phenoxy) is 1. The van der Waals surface area contributed by atoms with Gasteiger partial charge in [0, 0.05) is 12.0 Å². The molecule has 0 heterocycles. The van der Waals surface area contributed by atoms with E-state index in [0.29, 0.717) is 24.2 Å². The van der Waals surface area contributed by atoms with Crippen LogP contribution in [0.25, 0.3) is 0 Å². The average Bonchev–Trinajstić information content (AvgIpc) is 2.45. The number of esters is 1. The molecule has 1 N–H and O–H groups in total. The minimum Gasteiger partial charge on any atom is -0.466 e. The number of allylic oxidation sites excluding steroid dienone is 1. The lowest BCUT2D eigenvalue weighted by atomic mass is 10.1. The highest BCUT2D eigenvalue weighted by molar-refractivity contribution is 5.69. The fraction of sp³-hybridized carbons (Fsp3) is 0.353. The van der Waals surface area contributed by atoms with E-state index < -0.39 is 0 Å². The number of aryl methyl sites for hydroxylation is 1. The van der Waals surface area contributed by atoms with Gasteiger partial charge >= 0.3 is 5.97 Å². The number of rotatable bonds is 5. The summed E-state index contributed by atoms with van der Waals surface area (Å²) in [6, 6.07) is 4.69. The minimum atomic E-state index is -0.380. The summed E-state index contributed by atoms with van der Waals surface area (Å²) in [5.74, 6) is 4.94. The smallest absolute Gasteiger partial charge is 0.306 e. The molecule has 0 fully saturated rings. The maximum Gasteiger partial charge on any atom is 0.306 e. The van der Waals surface area contributed by atoms with Crippen LogP contribution in [0.15, 0.2) is 29.8 Å². The lowest BCUT2D eigenvalue weighted by Crippen LogP contribution is -2.06. The molecule has 0 bridgehead atoms. The first-order valence-electron chi connectivity index (χ1n) is 6.80.